The van der Waals surface area contributed by atoms with Crippen LogP contribution in [0.3, 0.4) is 0 Å². The summed E-state index contributed by atoms with van der Waals surface area (Å²) in [7, 11) is 0. The summed E-state index contributed by atoms with van der Waals surface area (Å²) in [6, 6.07) is 5.69. The van der Waals surface area contributed by atoms with Gasteiger partial charge in [0, 0.05) is 30.6 Å². The summed E-state index contributed by atoms with van der Waals surface area (Å²) in [6.07, 6.45) is 2.57. The van der Waals surface area contributed by atoms with Crippen LogP contribution in [-0.4, -0.2) is 28.2 Å². The van der Waals surface area contributed by atoms with Gasteiger partial charge in [-0.2, -0.15) is 0 Å². The smallest absolute Gasteiger partial charge is 0.269 e. The number of amidine groups is 1. The number of hydrogen-bond donors (Lipinski definition) is 0. The third-order valence-corrected chi connectivity index (χ3v) is 5.61. The summed E-state index contributed by atoms with van der Waals surface area (Å²) in [5.41, 5.74) is 1.90. The minimum absolute atomic E-state index is 0.139. The number of benzene rings is 1. The van der Waals surface area contributed by atoms with Gasteiger partial charge in [-0.3, -0.25) is 10.1 Å². The topological polar surface area (TPSA) is 58.7 Å². The molecule has 2 heterocycles. The lowest BCUT2D eigenvalue weighted by molar-refractivity contribution is -0.384. The number of rotatable bonds is 4. The van der Waals surface area contributed by atoms with Crippen LogP contribution in [0.25, 0.3) is 0 Å². The van der Waals surface area contributed by atoms with Crippen LogP contribution in [0.4, 0.5) is 11.4 Å². The van der Waals surface area contributed by atoms with Gasteiger partial charge in [-0.1, -0.05) is 13.8 Å². The van der Waals surface area contributed by atoms with E-state index in [0.29, 0.717) is 17.9 Å². The lowest BCUT2D eigenvalue weighted by Crippen LogP contribution is -2.46. The average Bonchev–Trinajstić information content (AvgIpc) is 3.01. The van der Waals surface area contributed by atoms with Crippen molar-refractivity contribution in [3.63, 3.8) is 0 Å². The van der Waals surface area contributed by atoms with Gasteiger partial charge in [0.15, 0.2) is 0 Å². The molecule has 2 aliphatic carbocycles. The molecule has 122 valence electrons. The van der Waals surface area contributed by atoms with Crippen LogP contribution >= 0.6 is 0 Å². The SMILES string of the molecule is Cc1cc([N+](=O)[O-])ccc1N=C1C2CC3C(C2)C3N1CC(C)C. The van der Waals surface area contributed by atoms with Crippen LogP contribution in [-0.2, 0) is 0 Å². The van der Waals surface area contributed by atoms with Gasteiger partial charge < -0.3 is 4.90 Å². The molecule has 2 aliphatic heterocycles. The van der Waals surface area contributed by atoms with Crippen LogP contribution < -0.4 is 0 Å². The molecule has 2 saturated carbocycles. The number of fused-ring (bicyclic) bond motifs is 1. The second kappa shape index (κ2) is 5.05. The van der Waals surface area contributed by atoms with Gasteiger partial charge in [-0.05, 0) is 49.1 Å². The van der Waals surface area contributed by atoms with E-state index in [0.717, 1.165) is 29.6 Å². The molecule has 0 spiro atoms. The highest BCUT2D eigenvalue weighted by Gasteiger charge is 2.64. The number of nitro benzene ring substituents is 1. The molecule has 4 fully saturated rings. The molecule has 2 saturated heterocycles. The zero-order chi connectivity index (χ0) is 16.3. The van der Waals surface area contributed by atoms with Crippen molar-refractivity contribution in [3.8, 4) is 0 Å². The van der Waals surface area contributed by atoms with Crippen LogP contribution in [0.15, 0.2) is 23.2 Å². The highest BCUT2D eigenvalue weighted by Crippen LogP contribution is 2.62. The Labute approximate surface area is 136 Å². The monoisotopic (exact) mass is 313 g/mol. The van der Waals surface area contributed by atoms with E-state index < -0.39 is 0 Å². The lowest BCUT2D eigenvalue weighted by Gasteiger charge is -2.39. The van der Waals surface area contributed by atoms with E-state index in [-0.39, 0.29) is 10.6 Å². The Morgan fingerprint density at radius 3 is 2.61 bits per heavy atom. The Kier molecular flexibility index (Phi) is 3.22. The Morgan fingerprint density at radius 2 is 2.04 bits per heavy atom. The molecule has 0 radical (unpaired) electrons. The first-order valence-corrected chi connectivity index (χ1v) is 8.56. The Bertz CT molecular complexity index is 686. The fraction of sp³-hybridized carbons (Fsp3) is 0.611. The summed E-state index contributed by atoms with van der Waals surface area (Å²) >= 11 is 0. The first-order valence-electron chi connectivity index (χ1n) is 8.56. The van der Waals surface area contributed by atoms with Crippen molar-refractivity contribution in [1.82, 2.24) is 4.90 Å². The van der Waals surface area contributed by atoms with Gasteiger partial charge in [-0.25, -0.2) is 4.99 Å². The van der Waals surface area contributed by atoms with Crippen LogP contribution in [0.1, 0.15) is 32.3 Å². The fourth-order valence-electron chi connectivity index (χ4n) is 4.63. The predicted molar refractivity (Wildman–Crippen MR) is 90.0 cm³/mol. The zero-order valence-corrected chi connectivity index (χ0v) is 13.9. The number of piperidine rings is 2. The molecular formula is C18H23N3O2. The van der Waals surface area contributed by atoms with Gasteiger partial charge in [0.2, 0.25) is 0 Å². The first-order chi connectivity index (χ1) is 11.0. The number of aliphatic imine (C=N–C) groups is 1. The predicted octanol–water partition coefficient (Wildman–Crippen LogP) is 3.93. The molecule has 4 bridgehead atoms. The highest BCUT2D eigenvalue weighted by molar-refractivity contribution is 5.90. The van der Waals surface area contributed by atoms with E-state index in [1.54, 1.807) is 18.2 Å². The molecule has 2 unspecified atom stereocenters. The molecule has 0 aromatic heterocycles. The van der Waals surface area contributed by atoms with E-state index >= 15 is 0 Å². The van der Waals surface area contributed by atoms with E-state index in [4.69, 9.17) is 4.99 Å². The summed E-state index contributed by atoms with van der Waals surface area (Å²) < 4.78 is 0. The summed E-state index contributed by atoms with van der Waals surface area (Å²) in [5.74, 6) is 4.23. The highest BCUT2D eigenvalue weighted by atomic mass is 16.6. The summed E-state index contributed by atoms with van der Waals surface area (Å²) in [4.78, 5) is 18.1. The van der Waals surface area contributed by atoms with Gasteiger partial charge >= 0.3 is 0 Å². The molecule has 1 aromatic rings. The van der Waals surface area contributed by atoms with Crippen LogP contribution in [0.5, 0.6) is 0 Å². The molecule has 2 atom stereocenters. The zero-order valence-electron chi connectivity index (χ0n) is 13.9. The van der Waals surface area contributed by atoms with Crippen molar-refractivity contribution in [3.05, 3.63) is 33.9 Å². The minimum Gasteiger partial charge on any atom is -0.356 e. The summed E-state index contributed by atoms with van der Waals surface area (Å²) in [5, 5.41) is 10.9. The van der Waals surface area contributed by atoms with Crippen LogP contribution in [0.2, 0.25) is 0 Å². The van der Waals surface area contributed by atoms with Crippen molar-refractivity contribution in [1.29, 1.82) is 0 Å². The van der Waals surface area contributed by atoms with Crippen molar-refractivity contribution >= 4 is 17.2 Å². The fourth-order valence-corrected chi connectivity index (χ4v) is 4.63. The third-order valence-electron chi connectivity index (χ3n) is 5.61. The maximum atomic E-state index is 10.9. The number of non-ortho nitro benzene ring substituents is 1. The third kappa shape index (κ3) is 2.33. The Morgan fingerprint density at radius 1 is 1.35 bits per heavy atom. The largest absolute Gasteiger partial charge is 0.356 e. The quantitative estimate of drug-likeness (QED) is 0.625. The maximum absolute atomic E-state index is 10.9. The maximum Gasteiger partial charge on any atom is 0.269 e. The molecule has 5 heteroatoms. The second-order valence-corrected chi connectivity index (χ2v) is 7.73. The molecule has 4 aliphatic rings. The van der Waals surface area contributed by atoms with Gasteiger partial charge in [0.25, 0.3) is 5.69 Å². The van der Waals surface area contributed by atoms with E-state index in [2.05, 4.69) is 18.7 Å². The number of hydrogen-bond acceptors (Lipinski definition) is 3. The molecule has 1 aromatic carbocycles. The van der Waals surface area contributed by atoms with Crippen molar-refractivity contribution in [2.45, 2.75) is 39.7 Å². The van der Waals surface area contributed by atoms with Crippen molar-refractivity contribution in [2.75, 3.05) is 6.54 Å². The normalized spacial score (nSPS) is 32.7. The van der Waals surface area contributed by atoms with E-state index in [9.17, 15) is 10.1 Å². The minimum atomic E-state index is -0.346. The molecule has 5 rings (SSSR count). The second-order valence-electron chi connectivity index (χ2n) is 7.73. The molecule has 0 N–H and O–H groups in total. The lowest BCUT2D eigenvalue weighted by atomic mass is 9.93. The average molecular weight is 313 g/mol. The van der Waals surface area contributed by atoms with Gasteiger partial charge in [-0.15, -0.1) is 0 Å². The van der Waals surface area contributed by atoms with Gasteiger partial charge in [0.05, 0.1) is 10.6 Å². The van der Waals surface area contributed by atoms with Crippen molar-refractivity contribution < 1.29 is 4.92 Å². The molecular weight excluding hydrogens is 290 g/mol. The Hall–Kier alpha value is -1.91. The van der Waals surface area contributed by atoms with E-state index in [1.807, 2.05) is 6.92 Å². The Balaban J connectivity index is 1.67. The van der Waals surface area contributed by atoms with Gasteiger partial charge in [0.1, 0.15) is 5.84 Å². The first kappa shape index (κ1) is 14.7. The molecule has 5 nitrogen and oxygen atoms in total. The van der Waals surface area contributed by atoms with Crippen LogP contribution in [0, 0.1) is 40.7 Å². The van der Waals surface area contributed by atoms with Crippen molar-refractivity contribution in [2.24, 2.45) is 28.7 Å². The number of aryl methyl sites for hydroxylation is 1. The van der Waals surface area contributed by atoms with E-state index in [1.165, 1.54) is 18.7 Å². The standard InChI is InChI=1S/C18H23N3O2/c1-10(2)9-20-17-14-7-12(8-15(14)17)18(20)19-16-5-4-13(21(22)23)6-11(16)3/h4-6,10,12,14-15,17H,7-9H2,1-3H3. The molecule has 23 heavy (non-hydrogen) atoms. The number of nitrogens with zero attached hydrogens (tertiary/aromatic N) is 3. The number of nitro groups is 1. The molecule has 0 amide bonds. The summed E-state index contributed by atoms with van der Waals surface area (Å²) in [6.45, 7) is 7.49.